The van der Waals surface area contributed by atoms with Gasteiger partial charge in [-0.3, -0.25) is 9.59 Å². The third-order valence-electron chi connectivity index (χ3n) is 15.9. The van der Waals surface area contributed by atoms with Gasteiger partial charge >= 0.3 is 5.97 Å². The van der Waals surface area contributed by atoms with Gasteiger partial charge in [-0.05, 0) is 89.9 Å². The van der Waals surface area contributed by atoms with Crippen molar-refractivity contribution >= 4 is 11.9 Å². The van der Waals surface area contributed by atoms with Crippen molar-refractivity contribution in [2.24, 2.45) is 0 Å². The van der Waals surface area contributed by atoms with Crippen LogP contribution in [0.5, 0.6) is 0 Å². The Bertz CT molecular complexity index is 1470. The molecule has 6 N–H and O–H groups in total. The molecule has 1 aliphatic rings. The summed E-state index contributed by atoms with van der Waals surface area (Å²) in [7, 11) is 0. The lowest BCUT2D eigenvalue weighted by Gasteiger charge is -2.40. The quantitative estimate of drug-likeness (QED) is 0.0195. The van der Waals surface area contributed by atoms with Crippen molar-refractivity contribution in [2.75, 3.05) is 19.8 Å². The van der Waals surface area contributed by atoms with Crippen LogP contribution in [0, 0.1) is 0 Å². The summed E-state index contributed by atoms with van der Waals surface area (Å²) in [6.45, 7) is 4.31. The number of nitrogens with one attached hydrogen (secondary N) is 1. The monoisotopic (exact) mass is 1130 g/mol. The highest BCUT2D eigenvalue weighted by atomic mass is 16.7. The summed E-state index contributed by atoms with van der Waals surface area (Å²) >= 11 is 0. The van der Waals surface area contributed by atoms with Gasteiger partial charge in [-0.2, -0.15) is 0 Å². The van der Waals surface area contributed by atoms with Crippen molar-refractivity contribution in [2.45, 2.75) is 358 Å². The summed E-state index contributed by atoms with van der Waals surface area (Å²) in [5.74, 6) is -0.191. The van der Waals surface area contributed by atoms with Crippen molar-refractivity contribution in [1.82, 2.24) is 5.32 Å². The van der Waals surface area contributed by atoms with E-state index in [9.17, 15) is 35.1 Å². The molecule has 0 radical (unpaired) electrons. The number of amides is 1. The fourth-order valence-electron chi connectivity index (χ4n) is 10.5. The molecule has 0 saturated carbocycles. The van der Waals surface area contributed by atoms with Crippen LogP contribution in [0.3, 0.4) is 0 Å². The minimum absolute atomic E-state index is 0.00463. The number of hydrogen-bond acceptors (Lipinski definition) is 10. The second-order valence-electron chi connectivity index (χ2n) is 23.5. The van der Waals surface area contributed by atoms with Gasteiger partial charge in [0.15, 0.2) is 6.29 Å². The predicted octanol–water partition coefficient (Wildman–Crippen LogP) is 16.8. The van der Waals surface area contributed by atoms with Crippen LogP contribution in [0.25, 0.3) is 0 Å². The van der Waals surface area contributed by atoms with Gasteiger partial charge < -0.3 is 45.1 Å². The first-order valence-corrected chi connectivity index (χ1v) is 33.9. The third kappa shape index (κ3) is 47.0. The van der Waals surface area contributed by atoms with E-state index >= 15 is 0 Å². The predicted molar refractivity (Wildman–Crippen MR) is 334 cm³/mol. The summed E-state index contributed by atoms with van der Waals surface area (Å²) in [4.78, 5) is 25.1. The van der Waals surface area contributed by atoms with Gasteiger partial charge in [-0.1, -0.05) is 262 Å². The molecule has 11 heteroatoms. The molecule has 7 atom stereocenters. The Balaban J connectivity index is 1.94. The van der Waals surface area contributed by atoms with Crippen molar-refractivity contribution < 1.29 is 49.3 Å². The van der Waals surface area contributed by atoms with Gasteiger partial charge in [0.25, 0.3) is 0 Å². The maximum Gasteiger partial charge on any atom is 0.305 e. The van der Waals surface area contributed by atoms with E-state index in [2.05, 4.69) is 55.6 Å². The molecule has 1 saturated heterocycles. The number of aliphatic hydroxyl groups is 5. The summed E-state index contributed by atoms with van der Waals surface area (Å²) in [5, 5.41) is 54.3. The lowest BCUT2D eigenvalue weighted by molar-refractivity contribution is -0.302. The zero-order chi connectivity index (χ0) is 58.0. The first kappa shape index (κ1) is 75.6. The van der Waals surface area contributed by atoms with Crippen molar-refractivity contribution in [3.8, 4) is 0 Å². The second kappa shape index (κ2) is 58.4. The number of allylic oxidation sites excluding steroid dienone is 7. The van der Waals surface area contributed by atoms with E-state index in [0.29, 0.717) is 19.4 Å². The molecular weight excluding hydrogens is 1000 g/mol. The van der Waals surface area contributed by atoms with Crippen LogP contribution >= 0.6 is 0 Å². The van der Waals surface area contributed by atoms with Crippen LogP contribution in [0.4, 0.5) is 0 Å². The molecule has 0 bridgehead atoms. The van der Waals surface area contributed by atoms with E-state index in [1.165, 1.54) is 225 Å². The van der Waals surface area contributed by atoms with Crippen LogP contribution in [0.15, 0.2) is 48.6 Å². The van der Waals surface area contributed by atoms with E-state index in [-0.39, 0.29) is 18.5 Å². The second-order valence-corrected chi connectivity index (χ2v) is 23.5. The van der Waals surface area contributed by atoms with E-state index in [1.54, 1.807) is 6.08 Å². The zero-order valence-corrected chi connectivity index (χ0v) is 51.8. The summed E-state index contributed by atoms with van der Waals surface area (Å²) in [5.41, 5.74) is 0. The van der Waals surface area contributed by atoms with E-state index in [1.807, 2.05) is 6.08 Å². The van der Waals surface area contributed by atoms with Gasteiger partial charge in [0, 0.05) is 12.8 Å². The number of esters is 1. The highest BCUT2D eigenvalue weighted by Crippen LogP contribution is 2.23. The zero-order valence-electron chi connectivity index (χ0n) is 51.8. The van der Waals surface area contributed by atoms with E-state index in [0.717, 1.165) is 64.2 Å². The Morgan fingerprint density at radius 3 is 1.29 bits per heavy atom. The highest BCUT2D eigenvalue weighted by Gasteiger charge is 2.44. The molecule has 0 aliphatic carbocycles. The molecule has 1 fully saturated rings. The Labute approximate surface area is 491 Å². The molecule has 0 aromatic heterocycles. The average Bonchev–Trinajstić information content (AvgIpc) is 3.46. The Hall–Kier alpha value is -2.38. The molecule has 1 rings (SSSR count). The number of carbonyl (C=O) groups excluding carboxylic acids is 2. The molecule has 80 heavy (non-hydrogen) atoms. The molecule has 0 spiro atoms. The molecule has 468 valence electrons. The maximum absolute atomic E-state index is 13.0. The first-order chi connectivity index (χ1) is 39.2. The smallest absolute Gasteiger partial charge is 0.305 e. The Morgan fingerprint density at radius 1 is 0.463 bits per heavy atom. The van der Waals surface area contributed by atoms with Crippen LogP contribution in [-0.4, -0.2) is 100 Å². The standard InChI is InChI=1S/C69H127NO10/c1-3-5-7-9-11-13-14-15-16-17-28-31-34-37-41-45-49-53-57-65(74)78-58-54-50-46-42-38-35-32-29-26-24-22-20-18-19-21-23-25-27-30-33-36-40-44-48-52-56-64(73)70-61(62(72)55-51-47-43-39-12-10-8-6-4-2)60-79-69-68(77)67(76)66(75)63(59-71)80-69/h13-14,16-17,19,21,51,55,61-63,66-69,71-72,75-77H,3-12,15,18,20,22-50,52-54,56-60H2,1-2H3,(H,70,73)/b14-13-,17-16-,21-19-,55-51+. The first-order valence-electron chi connectivity index (χ1n) is 33.9. The van der Waals surface area contributed by atoms with Crippen molar-refractivity contribution in [1.29, 1.82) is 0 Å². The van der Waals surface area contributed by atoms with Gasteiger partial charge in [0.2, 0.25) is 5.91 Å². The molecule has 1 amide bonds. The lowest BCUT2D eigenvalue weighted by Crippen LogP contribution is -2.60. The number of aliphatic hydroxyl groups excluding tert-OH is 5. The van der Waals surface area contributed by atoms with E-state index in [4.69, 9.17) is 14.2 Å². The van der Waals surface area contributed by atoms with Gasteiger partial charge in [-0.25, -0.2) is 0 Å². The average molecular weight is 1130 g/mol. The minimum Gasteiger partial charge on any atom is -0.466 e. The maximum atomic E-state index is 13.0. The SMILES string of the molecule is CCCCCC/C=C\C/C=C\CCCCCCCCCC(=O)OCCCCCCCCCCCCCC/C=C\CCCCCCCCCCCC(=O)NC(COC1OC(CO)C(O)C(O)C1O)C(O)/C=C/CCCCCCCCC. The molecule has 7 unspecified atom stereocenters. The van der Waals surface area contributed by atoms with Crippen LogP contribution in [-0.2, 0) is 23.8 Å². The fraction of sp³-hybridized carbons (Fsp3) is 0.855. The molecule has 0 aromatic rings. The van der Waals surface area contributed by atoms with Gasteiger partial charge in [0.1, 0.15) is 24.4 Å². The van der Waals surface area contributed by atoms with Crippen LogP contribution in [0.1, 0.15) is 316 Å². The highest BCUT2D eigenvalue weighted by molar-refractivity contribution is 5.76. The molecule has 0 aromatic carbocycles. The Kier molecular flexibility index (Phi) is 55.2. The van der Waals surface area contributed by atoms with E-state index < -0.39 is 49.5 Å². The fourth-order valence-corrected chi connectivity index (χ4v) is 10.5. The summed E-state index contributed by atoms with van der Waals surface area (Å²) < 4.78 is 16.7. The lowest BCUT2D eigenvalue weighted by atomic mass is 9.99. The molecule has 1 heterocycles. The molecule has 1 aliphatic heterocycles. The van der Waals surface area contributed by atoms with Gasteiger partial charge in [-0.15, -0.1) is 0 Å². The number of hydrogen-bond donors (Lipinski definition) is 6. The topological polar surface area (TPSA) is 175 Å². The summed E-state index contributed by atoms with van der Waals surface area (Å²) in [6, 6.07) is -0.811. The Morgan fingerprint density at radius 2 is 0.838 bits per heavy atom. The minimum atomic E-state index is -1.57. The molecular formula is C69H127NO10. The number of rotatable bonds is 59. The van der Waals surface area contributed by atoms with Crippen LogP contribution < -0.4 is 5.32 Å². The molecule has 11 nitrogen and oxygen atoms in total. The van der Waals surface area contributed by atoms with Crippen molar-refractivity contribution in [3.63, 3.8) is 0 Å². The normalized spacial score (nSPS) is 18.6. The summed E-state index contributed by atoms with van der Waals surface area (Å²) in [6.07, 6.45) is 65.3. The largest absolute Gasteiger partial charge is 0.466 e. The number of ether oxygens (including phenoxy) is 3. The van der Waals surface area contributed by atoms with Gasteiger partial charge in [0.05, 0.1) is 32.0 Å². The number of unbranched alkanes of at least 4 members (excludes halogenated alkanes) is 39. The third-order valence-corrected chi connectivity index (χ3v) is 15.9. The number of carbonyl (C=O) groups is 2. The van der Waals surface area contributed by atoms with Crippen molar-refractivity contribution in [3.05, 3.63) is 48.6 Å². The van der Waals surface area contributed by atoms with Crippen LogP contribution in [0.2, 0.25) is 0 Å².